The van der Waals surface area contributed by atoms with Crippen molar-refractivity contribution in [3.63, 3.8) is 0 Å². The number of hydrogen-bond donors (Lipinski definition) is 0. The number of methoxy groups -OCH3 is 1. The normalized spacial score (nSPS) is 27.0. The van der Waals surface area contributed by atoms with Crippen LogP contribution in [0.25, 0.3) is 0 Å². The first kappa shape index (κ1) is 15.5. The van der Waals surface area contributed by atoms with Crippen LogP contribution in [0.1, 0.15) is 24.5 Å². The van der Waals surface area contributed by atoms with Crippen molar-refractivity contribution in [1.29, 1.82) is 0 Å². The van der Waals surface area contributed by atoms with E-state index in [0.717, 1.165) is 16.8 Å². The van der Waals surface area contributed by atoms with Crippen LogP contribution in [0.3, 0.4) is 0 Å². The van der Waals surface area contributed by atoms with Crippen molar-refractivity contribution in [3.05, 3.63) is 59.7 Å². The van der Waals surface area contributed by atoms with Gasteiger partial charge in [0, 0.05) is 18.7 Å². The molecular formula is C21H27N2O+. The Morgan fingerprint density at radius 3 is 2.62 bits per heavy atom. The lowest BCUT2D eigenvalue weighted by Gasteiger charge is -2.40. The maximum atomic E-state index is 5.51. The van der Waals surface area contributed by atoms with E-state index < -0.39 is 0 Å². The number of likely N-dealkylation sites (N-methyl/N-ethyl adjacent to an activating group) is 1. The second-order valence-electron chi connectivity index (χ2n) is 8.04. The van der Waals surface area contributed by atoms with E-state index >= 15 is 0 Å². The summed E-state index contributed by atoms with van der Waals surface area (Å²) >= 11 is 0. The number of quaternary nitrogens is 1. The number of nitrogens with zero attached hydrogens (tertiary/aromatic N) is 2. The van der Waals surface area contributed by atoms with Gasteiger partial charge in [0.25, 0.3) is 0 Å². The molecule has 1 unspecified atom stereocenters. The average molecular weight is 323 g/mol. The molecule has 0 amide bonds. The molecule has 2 aromatic carbocycles. The minimum absolute atomic E-state index is 0.183. The molecule has 0 spiro atoms. The van der Waals surface area contributed by atoms with Gasteiger partial charge in [0.2, 0.25) is 0 Å². The fraction of sp³-hybridized carbons (Fsp3) is 0.429. The Kier molecular flexibility index (Phi) is 3.40. The Labute approximate surface area is 145 Å². The summed E-state index contributed by atoms with van der Waals surface area (Å²) in [5.41, 5.74) is 4.38. The molecule has 24 heavy (non-hydrogen) atoms. The lowest BCUT2D eigenvalue weighted by Crippen LogP contribution is -2.56. The molecule has 0 aliphatic carbocycles. The Morgan fingerprint density at radius 1 is 1.17 bits per heavy atom. The number of rotatable bonds is 3. The van der Waals surface area contributed by atoms with E-state index in [4.69, 9.17) is 4.74 Å². The van der Waals surface area contributed by atoms with E-state index in [9.17, 15) is 0 Å². The number of likely N-dealkylation sites (tertiary alicyclic amines) is 1. The van der Waals surface area contributed by atoms with Gasteiger partial charge in [-0.3, -0.25) is 0 Å². The molecule has 3 heteroatoms. The lowest BCUT2D eigenvalue weighted by atomic mass is 9.81. The topological polar surface area (TPSA) is 12.5 Å². The summed E-state index contributed by atoms with van der Waals surface area (Å²) in [6.45, 7) is 4.61. The summed E-state index contributed by atoms with van der Waals surface area (Å²) in [6, 6.07) is 17.4. The molecule has 0 saturated carbocycles. The Balaban J connectivity index is 1.83. The van der Waals surface area contributed by atoms with Crippen molar-refractivity contribution in [3.8, 4) is 5.75 Å². The largest absolute Gasteiger partial charge is 0.497 e. The smallest absolute Gasteiger partial charge is 0.174 e. The van der Waals surface area contributed by atoms with Crippen molar-refractivity contribution in [2.24, 2.45) is 0 Å². The molecule has 2 atom stereocenters. The maximum Gasteiger partial charge on any atom is 0.174 e. The minimum atomic E-state index is 0.183. The van der Waals surface area contributed by atoms with Gasteiger partial charge in [-0.1, -0.05) is 30.3 Å². The third kappa shape index (κ3) is 2.15. The number of anilines is 1. The first-order valence-corrected chi connectivity index (χ1v) is 8.77. The van der Waals surface area contributed by atoms with E-state index in [1.165, 1.54) is 29.8 Å². The van der Waals surface area contributed by atoms with Crippen LogP contribution in [0.5, 0.6) is 5.75 Å². The van der Waals surface area contributed by atoms with Crippen molar-refractivity contribution in [2.45, 2.75) is 31.5 Å². The fourth-order valence-electron chi connectivity index (χ4n) is 4.97. The summed E-state index contributed by atoms with van der Waals surface area (Å²) in [7, 11) is 6.50. The summed E-state index contributed by atoms with van der Waals surface area (Å²) < 4.78 is 6.56. The zero-order chi connectivity index (χ0) is 16.9. The second-order valence-corrected chi connectivity index (χ2v) is 8.04. The van der Waals surface area contributed by atoms with Gasteiger partial charge < -0.3 is 14.1 Å². The fourth-order valence-corrected chi connectivity index (χ4v) is 4.97. The van der Waals surface area contributed by atoms with E-state index in [1.807, 2.05) is 0 Å². The minimum Gasteiger partial charge on any atom is -0.497 e. The average Bonchev–Trinajstić information content (AvgIpc) is 2.98. The molecule has 1 fully saturated rings. The predicted octanol–water partition coefficient (Wildman–Crippen LogP) is 3.78. The summed E-state index contributed by atoms with van der Waals surface area (Å²) in [4.78, 5) is 2.62. The van der Waals surface area contributed by atoms with Crippen LogP contribution in [0.2, 0.25) is 0 Å². The number of benzene rings is 2. The zero-order valence-electron chi connectivity index (χ0n) is 15.1. The van der Waals surface area contributed by atoms with Gasteiger partial charge >= 0.3 is 0 Å². The maximum absolute atomic E-state index is 5.51. The van der Waals surface area contributed by atoms with Crippen LogP contribution in [0.15, 0.2) is 48.5 Å². The van der Waals surface area contributed by atoms with Crippen LogP contribution in [0, 0.1) is 0 Å². The molecule has 2 aromatic rings. The monoisotopic (exact) mass is 323 g/mol. The van der Waals surface area contributed by atoms with Crippen molar-refractivity contribution < 1.29 is 9.22 Å². The molecule has 0 radical (unpaired) electrons. The Hall–Kier alpha value is -2.00. The van der Waals surface area contributed by atoms with Crippen LogP contribution in [-0.2, 0) is 12.0 Å². The van der Waals surface area contributed by atoms with Crippen molar-refractivity contribution in [2.75, 3.05) is 32.6 Å². The molecule has 2 aliphatic heterocycles. The molecule has 0 N–H and O–H groups in total. The van der Waals surface area contributed by atoms with Crippen molar-refractivity contribution >= 4 is 5.69 Å². The van der Waals surface area contributed by atoms with E-state index in [2.05, 4.69) is 74.4 Å². The van der Waals surface area contributed by atoms with Crippen LogP contribution < -0.4 is 9.64 Å². The molecule has 1 saturated heterocycles. The van der Waals surface area contributed by atoms with Crippen LogP contribution in [0.4, 0.5) is 5.69 Å². The molecule has 126 valence electrons. The van der Waals surface area contributed by atoms with Crippen LogP contribution in [-0.4, -0.2) is 38.4 Å². The highest BCUT2D eigenvalue weighted by atomic mass is 16.5. The summed E-state index contributed by atoms with van der Waals surface area (Å²) in [5.74, 6) is 0.965. The Bertz CT molecular complexity index is 756. The standard InChI is InChI=1S/C21H27N2O/c1-21-12-13-23(2,3)20(21)22(15-16-8-6-5-7-9-16)19-11-10-17(24-4)14-18(19)21/h5-11,14,20H,12-13,15H2,1-4H3/q+1/t20?,21-/m0/s1. The first-order valence-electron chi connectivity index (χ1n) is 8.77. The summed E-state index contributed by atoms with van der Waals surface area (Å²) in [6.07, 6.45) is 1.69. The van der Waals surface area contributed by atoms with E-state index in [-0.39, 0.29) is 5.41 Å². The Morgan fingerprint density at radius 2 is 1.92 bits per heavy atom. The van der Waals surface area contributed by atoms with Crippen LogP contribution >= 0.6 is 0 Å². The molecule has 0 bridgehead atoms. The third-order valence-electron chi connectivity index (χ3n) is 6.06. The van der Waals surface area contributed by atoms with E-state index in [0.29, 0.717) is 6.17 Å². The van der Waals surface area contributed by atoms with Gasteiger partial charge in [0.1, 0.15) is 5.75 Å². The van der Waals surface area contributed by atoms with Gasteiger partial charge in [-0.25, -0.2) is 0 Å². The zero-order valence-corrected chi connectivity index (χ0v) is 15.1. The van der Waals surface area contributed by atoms with Gasteiger partial charge in [-0.15, -0.1) is 0 Å². The van der Waals surface area contributed by atoms with Gasteiger partial charge in [0.05, 0.1) is 33.2 Å². The molecule has 2 aliphatic rings. The molecular weight excluding hydrogens is 296 g/mol. The third-order valence-corrected chi connectivity index (χ3v) is 6.06. The van der Waals surface area contributed by atoms with Gasteiger partial charge in [0.15, 0.2) is 6.17 Å². The predicted molar refractivity (Wildman–Crippen MR) is 98.4 cm³/mol. The number of ether oxygens (including phenoxy) is 1. The summed E-state index contributed by atoms with van der Waals surface area (Å²) in [5, 5.41) is 0. The molecule has 3 nitrogen and oxygen atoms in total. The lowest BCUT2D eigenvalue weighted by molar-refractivity contribution is -0.903. The molecule has 4 rings (SSSR count). The quantitative estimate of drug-likeness (QED) is 0.797. The first-order chi connectivity index (χ1) is 11.5. The number of fused-ring (bicyclic) bond motifs is 3. The van der Waals surface area contributed by atoms with Gasteiger partial charge in [-0.2, -0.15) is 0 Å². The highest BCUT2D eigenvalue weighted by Gasteiger charge is 2.60. The highest BCUT2D eigenvalue weighted by molar-refractivity contribution is 5.66. The SMILES string of the molecule is COc1ccc2c(c1)[C@]1(C)CC[N+](C)(C)C1N2Cc1ccccc1. The van der Waals surface area contributed by atoms with Crippen molar-refractivity contribution in [1.82, 2.24) is 0 Å². The van der Waals surface area contributed by atoms with E-state index in [1.54, 1.807) is 7.11 Å². The molecule has 0 aromatic heterocycles. The molecule has 2 heterocycles. The highest BCUT2D eigenvalue weighted by Crippen LogP contribution is 2.54. The number of hydrogen-bond acceptors (Lipinski definition) is 2. The van der Waals surface area contributed by atoms with Gasteiger partial charge in [-0.05, 0) is 36.2 Å². The second kappa shape index (κ2) is 5.25.